The van der Waals surface area contributed by atoms with Gasteiger partial charge >= 0.3 is 0 Å². The van der Waals surface area contributed by atoms with Gasteiger partial charge in [-0.25, -0.2) is 4.98 Å². The van der Waals surface area contributed by atoms with Crippen molar-refractivity contribution in [1.82, 2.24) is 25.3 Å². The van der Waals surface area contributed by atoms with E-state index in [1.54, 1.807) is 0 Å². The van der Waals surface area contributed by atoms with Gasteiger partial charge in [-0.1, -0.05) is 25.9 Å². The molecule has 1 aliphatic rings. The minimum absolute atomic E-state index is 0. The molecule has 1 unspecified atom stereocenters. The van der Waals surface area contributed by atoms with Crippen LogP contribution in [0, 0.1) is 5.41 Å². The largest absolute Gasteiger partial charge is 0.339 e. The summed E-state index contributed by atoms with van der Waals surface area (Å²) in [5.74, 6) is 1.18. The highest BCUT2D eigenvalue weighted by Crippen LogP contribution is 2.22. The summed E-state index contributed by atoms with van der Waals surface area (Å²) < 4.78 is 5.38. The van der Waals surface area contributed by atoms with Crippen molar-refractivity contribution in [2.24, 2.45) is 5.41 Å². The lowest BCUT2D eigenvalue weighted by molar-refractivity contribution is -0.123. The molecule has 0 radical (unpaired) electrons. The lowest BCUT2D eigenvalue weighted by Gasteiger charge is -2.30. The first-order chi connectivity index (χ1) is 11.8. The van der Waals surface area contributed by atoms with E-state index in [9.17, 15) is 4.79 Å². The number of carbonyl (C=O) groups excluding carboxylic acids is 1. The van der Waals surface area contributed by atoms with Crippen LogP contribution in [0.25, 0.3) is 0 Å². The zero-order chi connectivity index (χ0) is 18.0. The molecule has 2 aromatic rings. The van der Waals surface area contributed by atoms with Crippen LogP contribution in [0.15, 0.2) is 9.90 Å². The van der Waals surface area contributed by atoms with Gasteiger partial charge in [-0.3, -0.25) is 9.69 Å². The molecule has 0 aliphatic carbocycles. The van der Waals surface area contributed by atoms with Crippen LogP contribution < -0.4 is 10.6 Å². The van der Waals surface area contributed by atoms with Gasteiger partial charge < -0.3 is 15.2 Å². The van der Waals surface area contributed by atoms with Crippen LogP contribution in [0.2, 0.25) is 0 Å². The molecule has 26 heavy (non-hydrogen) atoms. The Morgan fingerprint density at radius 1 is 1.46 bits per heavy atom. The number of aromatic nitrogens is 3. The van der Waals surface area contributed by atoms with Gasteiger partial charge in [-0.05, 0) is 7.05 Å². The highest BCUT2D eigenvalue weighted by Gasteiger charge is 2.26. The van der Waals surface area contributed by atoms with E-state index in [1.165, 1.54) is 11.3 Å². The van der Waals surface area contributed by atoms with Crippen LogP contribution in [0.5, 0.6) is 0 Å². The van der Waals surface area contributed by atoms with Crippen LogP contribution in [0.3, 0.4) is 0 Å². The lowest BCUT2D eigenvalue weighted by atomic mass is 9.96. The first-order valence-electron chi connectivity index (χ1n) is 8.32. The Labute approximate surface area is 163 Å². The summed E-state index contributed by atoms with van der Waals surface area (Å²) in [7, 11) is 2.06. The van der Waals surface area contributed by atoms with E-state index in [4.69, 9.17) is 4.52 Å². The van der Waals surface area contributed by atoms with E-state index in [0.29, 0.717) is 23.3 Å². The van der Waals surface area contributed by atoms with Crippen LogP contribution >= 0.6 is 23.7 Å². The van der Waals surface area contributed by atoms with E-state index < -0.39 is 5.41 Å². The zero-order valence-corrected chi connectivity index (χ0v) is 17.0. The van der Waals surface area contributed by atoms with E-state index in [1.807, 2.05) is 26.2 Å². The predicted octanol–water partition coefficient (Wildman–Crippen LogP) is 2.10. The molecule has 10 heteroatoms. The molecule has 8 nitrogen and oxygen atoms in total. The Balaban J connectivity index is 0.00000243. The Bertz CT molecular complexity index is 741. The number of carbonyl (C=O) groups is 1. The first-order valence-corrected chi connectivity index (χ1v) is 9.20. The van der Waals surface area contributed by atoms with Crippen molar-refractivity contribution >= 4 is 34.8 Å². The van der Waals surface area contributed by atoms with Crippen molar-refractivity contribution in [3.05, 3.63) is 22.8 Å². The van der Waals surface area contributed by atoms with Gasteiger partial charge in [-0.15, -0.1) is 23.7 Å². The van der Waals surface area contributed by atoms with Crippen molar-refractivity contribution in [2.45, 2.75) is 33.2 Å². The summed E-state index contributed by atoms with van der Waals surface area (Å²) in [5.41, 5.74) is 0.354. The van der Waals surface area contributed by atoms with Crippen LogP contribution in [0.4, 0.5) is 5.13 Å². The van der Waals surface area contributed by atoms with Crippen LogP contribution in [0.1, 0.15) is 44.2 Å². The summed E-state index contributed by atoms with van der Waals surface area (Å²) in [6.45, 7) is 8.35. The maximum absolute atomic E-state index is 12.0. The minimum atomic E-state index is -0.451. The molecule has 1 amide bonds. The normalized spacial score (nSPS) is 18.4. The molecule has 3 heterocycles. The SMILES string of the molecule is CN1CCNCC1c1noc(Cc2csc(NC(=O)C(C)(C)C)n2)n1.Cl. The smallest absolute Gasteiger partial charge is 0.232 e. The Morgan fingerprint density at radius 2 is 2.23 bits per heavy atom. The third-order valence-electron chi connectivity index (χ3n) is 4.08. The van der Waals surface area contributed by atoms with Gasteiger partial charge in [0.2, 0.25) is 11.8 Å². The number of hydrogen-bond acceptors (Lipinski definition) is 8. The summed E-state index contributed by atoms with van der Waals surface area (Å²) in [6, 6.07) is 0.128. The van der Waals surface area contributed by atoms with E-state index in [2.05, 4.69) is 37.7 Å². The minimum Gasteiger partial charge on any atom is -0.339 e. The van der Waals surface area contributed by atoms with Crippen LogP contribution in [-0.2, 0) is 11.2 Å². The molecule has 1 aliphatic heterocycles. The van der Waals surface area contributed by atoms with Crippen molar-refractivity contribution in [3.63, 3.8) is 0 Å². The van der Waals surface area contributed by atoms with Crippen molar-refractivity contribution in [3.8, 4) is 0 Å². The number of hydrogen-bond donors (Lipinski definition) is 2. The van der Waals surface area contributed by atoms with E-state index >= 15 is 0 Å². The number of piperazine rings is 1. The number of amides is 1. The van der Waals surface area contributed by atoms with Crippen molar-refractivity contribution in [1.29, 1.82) is 0 Å². The van der Waals surface area contributed by atoms with E-state index in [-0.39, 0.29) is 24.4 Å². The number of nitrogens with one attached hydrogen (secondary N) is 2. The monoisotopic (exact) mass is 400 g/mol. The lowest BCUT2D eigenvalue weighted by Crippen LogP contribution is -2.44. The second-order valence-corrected chi connectivity index (χ2v) is 8.13. The molecule has 144 valence electrons. The molecule has 2 aromatic heterocycles. The average Bonchev–Trinajstić information content (AvgIpc) is 3.17. The molecule has 0 bridgehead atoms. The van der Waals surface area contributed by atoms with Gasteiger partial charge in [0, 0.05) is 30.4 Å². The maximum Gasteiger partial charge on any atom is 0.232 e. The van der Waals surface area contributed by atoms with Crippen LogP contribution in [-0.4, -0.2) is 52.6 Å². The molecule has 0 saturated carbocycles. The fourth-order valence-electron chi connectivity index (χ4n) is 2.45. The fourth-order valence-corrected chi connectivity index (χ4v) is 3.16. The van der Waals surface area contributed by atoms with Gasteiger partial charge in [0.15, 0.2) is 11.0 Å². The van der Waals surface area contributed by atoms with Crippen molar-refractivity contribution in [2.75, 3.05) is 32.0 Å². The number of halogens is 1. The Morgan fingerprint density at radius 3 is 2.92 bits per heavy atom. The molecule has 3 rings (SSSR count). The number of thiazole rings is 1. The second-order valence-electron chi connectivity index (χ2n) is 7.27. The average molecular weight is 401 g/mol. The highest BCUT2D eigenvalue weighted by atomic mass is 35.5. The second kappa shape index (κ2) is 8.43. The third kappa shape index (κ3) is 5.00. The van der Waals surface area contributed by atoms with E-state index in [0.717, 1.165) is 25.3 Å². The summed E-state index contributed by atoms with van der Waals surface area (Å²) in [4.78, 5) is 23.2. The summed E-state index contributed by atoms with van der Waals surface area (Å²) in [6.07, 6.45) is 0.457. The number of rotatable bonds is 4. The predicted molar refractivity (Wildman–Crippen MR) is 103 cm³/mol. The third-order valence-corrected chi connectivity index (χ3v) is 4.89. The molecule has 1 fully saturated rings. The molecule has 1 atom stereocenters. The van der Waals surface area contributed by atoms with Gasteiger partial charge in [0.25, 0.3) is 0 Å². The molecule has 0 spiro atoms. The van der Waals surface area contributed by atoms with Gasteiger partial charge in [-0.2, -0.15) is 4.98 Å². The van der Waals surface area contributed by atoms with Crippen molar-refractivity contribution < 1.29 is 9.32 Å². The zero-order valence-electron chi connectivity index (χ0n) is 15.4. The summed E-state index contributed by atoms with van der Waals surface area (Å²) in [5, 5.41) is 12.8. The maximum atomic E-state index is 12.0. The molecular weight excluding hydrogens is 376 g/mol. The standard InChI is InChI=1S/C16H24N6O2S.ClH/c1-16(2,3)14(23)20-15-18-10(9-25-15)7-12-19-13(21-24-12)11-8-17-5-6-22(11)4;/h9,11,17H,5-8H2,1-4H3,(H,18,20,23);1H. The fraction of sp³-hybridized carbons (Fsp3) is 0.625. The highest BCUT2D eigenvalue weighted by molar-refractivity contribution is 7.13. The van der Waals surface area contributed by atoms with Gasteiger partial charge in [0.1, 0.15) is 0 Å². The first kappa shape index (κ1) is 20.8. The number of anilines is 1. The van der Waals surface area contributed by atoms with Gasteiger partial charge in [0.05, 0.1) is 18.2 Å². The quantitative estimate of drug-likeness (QED) is 0.811. The number of nitrogens with zero attached hydrogens (tertiary/aromatic N) is 4. The Kier molecular flexibility index (Phi) is 6.73. The molecule has 0 aromatic carbocycles. The topological polar surface area (TPSA) is 96.2 Å². The number of likely N-dealkylation sites (N-methyl/N-ethyl adjacent to an activating group) is 1. The summed E-state index contributed by atoms with van der Waals surface area (Å²) >= 11 is 1.40. The molecule has 1 saturated heterocycles. The Hall–Kier alpha value is -1.55. The molecular formula is C16H25ClN6O2S. The molecule has 2 N–H and O–H groups in total.